The van der Waals surface area contributed by atoms with Gasteiger partial charge in [0.2, 0.25) is 0 Å². The van der Waals surface area contributed by atoms with Crippen molar-refractivity contribution < 1.29 is 14.7 Å². The molecule has 0 heterocycles. The van der Waals surface area contributed by atoms with Crippen molar-refractivity contribution in [2.75, 3.05) is 12.4 Å². The third-order valence-electron chi connectivity index (χ3n) is 3.55. The quantitative estimate of drug-likeness (QED) is 0.888. The molecule has 0 bridgehead atoms. The molecule has 1 atom stereocenters. The Morgan fingerprint density at radius 1 is 1.29 bits per heavy atom. The summed E-state index contributed by atoms with van der Waals surface area (Å²) in [5, 5.41) is 11.9. The number of benzene rings is 1. The fraction of sp³-hybridized carbons (Fsp3) is 0.467. The van der Waals surface area contributed by atoms with Crippen LogP contribution in [-0.2, 0) is 0 Å². The van der Waals surface area contributed by atoms with E-state index in [1.54, 1.807) is 11.9 Å². The molecule has 0 fully saturated rings. The fourth-order valence-electron chi connectivity index (χ4n) is 1.75. The largest absolute Gasteiger partial charge is 0.478 e. The van der Waals surface area contributed by atoms with Crippen LogP contribution in [0.5, 0.6) is 0 Å². The second kappa shape index (κ2) is 6.35. The minimum atomic E-state index is -1.09. The standard InChI is InChI=1S/C15H21ClN2O3/c1-9(15(2,3)4)18(5)14(21)17-12-7-10(13(19)20)6-11(16)8-12/h6-9H,1-5H3,(H,17,21)(H,19,20). The van der Waals surface area contributed by atoms with Gasteiger partial charge in [-0.1, -0.05) is 32.4 Å². The van der Waals surface area contributed by atoms with Crippen molar-refractivity contribution in [3.05, 3.63) is 28.8 Å². The van der Waals surface area contributed by atoms with Crippen LogP contribution in [0.15, 0.2) is 18.2 Å². The van der Waals surface area contributed by atoms with E-state index in [0.29, 0.717) is 5.69 Å². The zero-order valence-electron chi connectivity index (χ0n) is 12.9. The van der Waals surface area contributed by atoms with Gasteiger partial charge >= 0.3 is 12.0 Å². The predicted molar refractivity (Wildman–Crippen MR) is 84.1 cm³/mol. The fourth-order valence-corrected chi connectivity index (χ4v) is 1.99. The summed E-state index contributed by atoms with van der Waals surface area (Å²) in [7, 11) is 1.70. The number of urea groups is 1. The number of carbonyl (C=O) groups excluding carboxylic acids is 1. The van der Waals surface area contributed by atoms with Crippen LogP contribution in [0.3, 0.4) is 0 Å². The molecule has 1 rings (SSSR count). The van der Waals surface area contributed by atoms with Crippen molar-refractivity contribution >= 4 is 29.3 Å². The number of carboxylic acids is 1. The smallest absolute Gasteiger partial charge is 0.335 e. The van der Waals surface area contributed by atoms with E-state index in [4.69, 9.17) is 16.7 Å². The molecule has 1 aromatic carbocycles. The molecular weight excluding hydrogens is 292 g/mol. The maximum atomic E-state index is 12.2. The number of anilines is 1. The topological polar surface area (TPSA) is 69.6 Å². The number of hydrogen-bond acceptors (Lipinski definition) is 2. The van der Waals surface area contributed by atoms with Crippen molar-refractivity contribution in [2.45, 2.75) is 33.7 Å². The summed E-state index contributed by atoms with van der Waals surface area (Å²) in [6.07, 6.45) is 0. The van der Waals surface area contributed by atoms with E-state index < -0.39 is 5.97 Å². The highest BCUT2D eigenvalue weighted by Crippen LogP contribution is 2.24. The number of halogens is 1. The number of amides is 2. The molecule has 0 saturated heterocycles. The highest BCUT2D eigenvalue weighted by molar-refractivity contribution is 6.31. The Balaban J connectivity index is 2.91. The third kappa shape index (κ3) is 4.63. The summed E-state index contributed by atoms with van der Waals surface area (Å²) in [5.74, 6) is -1.09. The molecule has 0 radical (unpaired) electrons. The number of nitrogens with zero attached hydrogens (tertiary/aromatic N) is 1. The van der Waals surface area contributed by atoms with Gasteiger partial charge in [0.15, 0.2) is 0 Å². The van der Waals surface area contributed by atoms with E-state index in [2.05, 4.69) is 5.32 Å². The minimum absolute atomic E-state index is 0.00984. The number of aromatic carboxylic acids is 1. The van der Waals surface area contributed by atoms with Gasteiger partial charge in [0.25, 0.3) is 0 Å². The Labute approximate surface area is 129 Å². The molecule has 2 N–H and O–H groups in total. The summed E-state index contributed by atoms with van der Waals surface area (Å²) in [6, 6.07) is 3.93. The normalized spacial score (nSPS) is 12.7. The monoisotopic (exact) mass is 312 g/mol. The summed E-state index contributed by atoms with van der Waals surface area (Å²) in [6.45, 7) is 8.09. The molecule has 21 heavy (non-hydrogen) atoms. The van der Waals surface area contributed by atoms with Crippen molar-refractivity contribution in [3.8, 4) is 0 Å². The Morgan fingerprint density at radius 3 is 2.33 bits per heavy atom. The zero-order chi connectivity index (χ0) is 16.4. The van der Waals surface area contributed by atoms with E-state index in [0.717, 1.165) is 0 Å². The van der Waals surface area contributed by atoms with Crippen LogP contribution in [0, 0.1) is 5.41 Å². The van der Waals surface area contributed by atoms with Gasteiger partial charge in [-0.3, -0.25) is 0 Å². The van der Waals surface area contributed by atoms with Gasteiger partial charge in [-0.25, -0.2) is 9.59 Å². The van der Waals surface area contributed by atoms with Gasteiger partial charge in [-0.2, -0.15) is 0 Å². The minimum Gasteiger partial charge on any atom is -0.478 e. The maximum absolute atomic E-state index is 12.2. The van der Waals surface area contributed by atoms with Gasteiger partial charge in [0.1, 0.15) is 0 Å². The van der Waals surface area contributed by atoms with Crippen LogP contribution in [0.25, 0.3) is 0 Å². The van der Waals surface area contributed by atoms with Crippen LogP contribution >= 0.6 is 11.6 Å². The molecular formula is C15H21ClN2O3. The molecule has 1 aromatic rings. The van der Waals surface area contributed by atoms with Crippen LogP contribution in [0.1, 0.15) is 38.1 Å². The lowest BCUT2D eigenvalue weighted by Crippen LogP contribution is -2.44. The molecule has 0 spiro atoms. The first-order valence-corrected chi connectivity index (χ1v) is 6.98. The maximum Gasteiger partial charge on any atom is 0.335 e. The number of rotatable bonds is 3. The van der Waals surface area contributed by atoms with Gasteiger partial charge in [-0.05, 0) is 30.5 Å². The summed E-state index contributed by atoms with van der Waals surface area (Å²) in [4.78, 5) is 24.8. The molecule has 1 unspecified atom stereocenters. The lowest BCUT2D eigenvalue weighted by atomic mass is 9.87. The lowest BCUT2D eigenvalue weighted by molar-refractivity contribution is 0.0697. The first kappa shape index (κ1) is 17.3. The average molecular weight is 313 g/mol. The molecule has 0 aliphatic rings. The van der Waals surface area contributed by atoms with Gasteiger partial charge < -0.3 is 15.3 Å². The van der Waals surface area contributed by atoms with Crippen LogP contribution in [0.2, 0.25) is 5.02 Å². The number of carboxylic acid groups (broad SMARTS) is 1. The third-order valence-corrected chi connectivity index (χ3v) is 3.77. The number of hydrogen-bond donors (Lipinski definition) is 2. The van der Waals surface area contributed by atoms with Gasteiger partial charge in [0, 0.05) is 23.8 Å². The van der Waals surface area contributed by atoms with Gasteiger partial charge in [-0.15, -0.1) is 0 Å². The Bertz CT molecular complexity index is 552. The Hall–Kier alpha value is -1.75. The summed E-state index contributed by atoms with van der Waals surface area (Å²) < 4.78 is 0. The second-order valence-electron chi connectivity index (χ2n) is 6.12. The molecule has 0 aliphatic carbocycles. The van der Waals surface area contributed by atoms with Crippen LogP contribution in [0.4, 0.5) is 10.5 Å². The summed E-state index contributed by atoms with van der Waals surface area (Å²) >= 11 is 5.86. The molecule has 0 saturated carbocycles. The SMILES string of the molecule is CC(N(C)C(=O)Nc1cc(Cl)cc(C(=O)O)c1)C(C)(C)C. The molecule has 116 valence electrons. The van der Waals surface area contributed by atoms with E-state index in [-0.39, 0.29) is 28.1 Å². The van der Waals surface area contributed by atoms with Crippen LogP contribution in [-0.4, -0.2) is 35.1 Å². The first-order valence-electron chi connectivity index (χ1n) is 6.60. The summed E-state index contributed by atoms with van der Waals surface area (Å²) in [5.41, 5.74) is 0.328. The van der Waals surface area contributed by atoms with E-state index >= 15 is 0 Å². The zero-order valence-corrected chi connectivity index (χ0v) is 13.7. The Morgan fingerprint density at radius 2 is 1.86 bits per heavy atom. The van der Waals surface area contributed by atoms with E-state index in [9.17, 15) is 9.59 Å². The molecule has 0 aromatic heterocycles. The number of nitrogens with one attached hydrogen (secondary N) is 1. The second-order valence-corrected chi connectivity index (χ2v) is 6.55. The highest BCUT2D eigenvalue weighted by Gasteiger charge is 2.27. The van der Waals surface area contributed by atoms with Gasteiger partial charge in [0.05, 0.1) is 5.56 Å². The van der Waals surface area contributed by atoms with E-state index in [1.807, 2.05) is 27.7 Å². The lowest BCUT2D eigenvalue weighted by Gasteiger charge is -2.35. The van der Waals surface area contributed by atoms with Crippen molar-refractivity contribution in [1.29, 1.82) is 0 Å². The molecule has 2 amide bonds. The first-order chi connectivity index (χ1) is 9.52. The van der Waals surface area contributed by atoms with Crippen molar-refractivity contribution in [1.82, 2.24) is 4.90 Å². The average Bonchev–Trinajstić information content (AvgIpc) is 2.34. The van der Waals surface area contributed by atoms with E-state index in [1.165, 1.54) is 18.2 Å². The van der Waals surface area contributed by atoms with Crippen molar-refractivity contribution in [3.63, 3.8) is 0 Å². The molecule has 6 heteroatoms. The molecule has 0 aliphatic heterocycles. The predicted octanol–water partition coefficient (Wildman–Crippen LogP) is 3.94. The highest BCUT2D eigenvalue weighted by atomic mass is 35.5. The number of carbonyl (C=O) groups is 2. The Kier molecular flexibility index (Phi) is 5.23. The molecule has 5 nitrogen and oxygen atoms in total. The van der Waals surface area contributed by atoms with Crippen molar-refractivity contribution in [2.24, 2.45) is 5.41 Å². The van der Waals surface area contributed by atoms with Crippen LogP contribution < -0.4 is 5.32 Å².